The maximum Gasteiger partial charge on any atom is 0.123 e. The van der Waals surface area contributed by atoms with E-state index in [4.69, 9.17) is 5.73 Å². The summed E-state index contributed by atoms with van der Waals surface area (Å²) in [5, 5.41) is 4.13. The Bertz CT molecular complexity index is 408. The molecule has 0 spiro atoms. The van der Waals surface area contributed by atoms with Gasteiger partial charge in [0.1, 0.15) is 5.82 Å². The summed E-state index contributed by atoms with van der Waals surface area (Å²) in [7, 11) is 0. The average molecular weight is 205 g/mol. The van der Waals surface area contributed by atoms with Gasteiger partial charge in [-0.2, -0.15) is 5.10 Å². The molecule has 0 fully saturated rings. The van der Waals surface area contributed by atoms with Crippen LogP contribution in [-0.2, 0) is 0 Å². The fraction of sp³-hybridized carbons (Fsp3) is 0.182. The van der Waals surface area contributed by atoms with Gasteiger partial charge in [0.05, 0.1) is 6.04 Å². The van der Waals surface area contributed by atoms with Gasteiger partial charge in [-0.05, 0) is 23.8 Å². The molecule has 2 rings (SSSR count). The topological polar surface area (TPSA) is 43.8 Å². The Morgan fingerprint density at radius 3 is 2.60 bits per heavy atom. The fourth-order valence-corrected chi connectivity index (χ4v) is 1.55. The number of hydrogen-bond donors (Lipinski definition) is 1. The summed E-state index contributed by atoms with van der Waals surface area (Å²) in [6.07, 6.45) is 3.55. The van der Waals surface area contributed by atoms with Crippen LogP contribution in [0.5, 0.6) is 0 Å². The predicted molar refractivity (Wildman–Crippen MR) is 55.8 cm³/mol. The molecule has 0 aliphatic carbocycles. The predicted octanol–water partition coefficient (Wildman–Crippen LogP) is 1.57. The van der Waals surface area contributed by atoms with Gasteiger partial charge in [-0.15, -0.1) is 0 Å². The summed E-state index contributed by atoms with van der Waals surface area (Å²) in [5.41, 5.74) is 6.64. The van der Waals surface area contributed by atoms with Gasteiger partial charge in [0, 0.05) is 18.9 Å². The van der Waals surface area contributed by atoms with Crippen LogP contribution in [0, 0.1) is 5.82 Å². The van der Waals surface area contributed by atoms with Crippen LogP contribution in [0.2, 0.25) is 0 Å². The minimum absolute atomic E-state index is 0.0272. The van der Waals surface area contributed by atoms with E-state index >= 15 is 0 Å². The third-order valence-corrected chi connectivity index (χ3v) is 2.32. The number of nitrogens with two attached hydrogens (primary N) is 1. The molecular formula is C11H12FN3. The molecule has 2 aromatic rings. The Labute approximate surface area is 87.3 Å². The van der Waals surface area contributed by atoms with E-state index < -0.39 is 0 Å². The van der Waals surface area contributed by atoms with E-state index in [9.17, 15) is 4.39 Å². The molecule has 0 saturated heterocycles. The van der Waals surface area contributed by atoms with Crippen molar-refractivity contribution in [3.8, 4) is 0 Å². The maximum atomic E-state index is 12.7. The monoisotopic (exact) mass is 205 g/mol. The Kier molecular flexibility index (Phi) is 2.78. The minimum atomic E-state index is -0.241. The molecule has 0 aliphatic rings. The molecular weight excluding hydrogens is 193 g/mol. The van der Waals surface area contributed by atoms with E-state index in [1.165, 1.54) is 12.1 Å². The number of aromatic nitrogens is 2. The fourth-order valence-electron chi connectivity index (χ4n) is 1.55. The van der Waals surface area contributed by atoms with Crippen molar-refractivity contribution in [2.24, 2.45) is 5.73 Å². The van der Waals surface area contributed by atoms with E-state index in [0.717, 1.165) is 5.56 Å². The molecule has 1 unspecified atom stereocenters. The molecule has 4 heteroatoms. The Morgan fingerprint density at radius 2 is 2.07 bits per heavy atom. The number of rotatable bonds is 3. The molecule has 1 atom stereocenters. The van der Waals surface area contributed by atoms with Crippen LogP contribution >= 0.6 is 0 Å². The van der Waals surface area contributed by atoms with Crippen molar-refractivity contribution in [1.82, 2.24) is 9.78 Å². The average Bonchev–Trinajstić information content (AvgIpc) is 2.75. The van der Waals surface area contributed by atoms with Gasteiger partial charge in [-0.25, -0.2) is 4.39 Å². The normalized spacial score (nSPS) is 12.7. The van der Waals surface area contributed by atoms with Gasteiger partial charge < -0.3 is 5.73 Å². The van der Waals surface area contributed by atoms with E-state index in [0.29, 0.717) is 6.54 Å². The zero-order chi connectivity index (χ0) is 10.7. The summed E-state index contributed by atoms with van der Waals surface area (Å²) >= 11 is 0. The molecule has 1 heterocycles. The first kappa shape index (κ1) is 9.86. The van der Waals surface area contributed by atoms with Crippen LogP contribution in [0.25, 0.3) is 0 Å². The van der Waals surface area contributed by atoms with Crippen molar-refractivity contribution in [2.45, 2.75) is 6.04 Å². The number of hydrogen-bond acceptors (Lipinski definition) is 2. The highest BCUT2D eigenvalue weighted by molar-refractivity contribution is 5.20. The Hall–Kier alpha value is -1.68. The van der Waals surface area contributed by atoms with Crippen molar-refractivity contribution in [3.05, 3.63) is 54.1 Å². The van der Waals surface area contributed by atoms with Crippen LogP contribution in [0.4, 0.5) is 4.39 Å². The van der Waals surface area contributed by atoms with Gasteiger partial charge >= 0.3 is 0 Å². The molecule has 0 aliphatic heterocycles. The zero-order valence-corrected chi connectivity index (χ0v) is 8.18. The summed E-state index contributed by atoms with van der Waals surface area (Å²) in [6.45, 7) is 0.438. The highest BCUT2D eigenvalue weighted by Gasteiger charge is 2.11. The lowest BCUT2D eigenvalue weighted by Gasteiger charge is -2.15. The SMILES string of the molecule is NCC(c1ccc(F)cc1)n1cccn1. The quantitative estimate of drug-likeness (QED) is 0.826. The minimum Gasteiger partial charge on any atom is -0.328 e. The molecule has 1 aromatic carbocycles. The largest absolute Gasteiger partial charge is 0.328 e. The number of halogens is 1. The standard InChI is InChI=1S/C11H12FN3/c12-10-4-2-9(3-5-10)11(8-13)15-7-1-6-14-15/h1-7,11H,8,13H2. The molecule has 15 heavy (non-hydrogen) atoms. The smallest absolute Gasteiger partial charge is 0.123 e. The third-order valence-electron chi connectivity index (χ3n) is 2.32. The van der Waals surface area contributed by atoms with E-state index in [-0.39, 0.29) is 11.9 Å². The second-order valence-electron chi connectivity index (χ2n) is 3.29. The molecule has 3 nitrogen and oxygen atoms in total. The van der Waals surface area contributed by atoms with Crippen molar-refractivity contribution in [3.63, 3.8) is 0 Å². The molecule has 2 N–H and O–H groups in total. The van der Waals surface area contributed by atoms with Crippen LogP contribution < -0.4 is 5.73 Å². The van der Waals surface area contributed by atoms with E-state index in [2.05, 4.69) is 5.10 Å². The summed E-state index contributed by atoms with van der Waals surface area (Å²) in [6, 6.07) is 8.14. The van der Waals surface area contributed by atoms with Crippen LogP contribution in [-0.4, -0.2) is 16.3 Å². The second kappa shape index (κ2) is 4.23. The molecule has 0 saturated carbocycles. The zero-order valence-electron chi connectivity index (χ0n) is 8.18. The van der Waals surface area contributed by atoms with Crippen LogP contribution in [0.3, 0.4) is 0 Å². The lowest BCUT2D eigenvalue weighted by molar-refractivity contribution is 0.530. The molecule has 0 radical (unpaired) electrons. The van der Waals surface area contributed by atoms with Crippen molar-refractivity contribution < 1.29 is 4.39 Å². The van der Waals surface area contributed by atoms with Gasteiger partial charge in [0.25, 0.3) is 0 Å². The van der Waals surface area contributed by atoms with Gasteiger partial charge in [-0.1, -0.05) is 12.1 Å². The first-order valence-corrected chi connectivity index (χ1v) is 4.76. The van der Waals surface area contributed by atoms with Crippen LogP contribution in [0.15, 0.2) is 42.7 Å². The van der Waals surface area contributed by atoms with E-state index in [1.807, 2.05) is 12.3 Å². The third kappa shape index (κ3) is 2.05. The van der Waals surface area contributed by atoms with Gasteiger partial charge in [0.2, 0.25) is 0 Å². The first-order chi connectivity index (χ1) is 7.31. The summed E-state index contributed by atoms with van der Waals surface area (Å²) < 4.78 is 14.5. The number of benzene rings is 1. The molecule has 78 valence electrons. The summed E-state index contributed by atoms with van der Waals surface area (Å²) in [5.74, 6) is -0.241. The Balaban J connectivity index is 2.31. The molecule has 1 aromatic heterocycles. The highest BCUT2D eigenvalue weighted by Crippen LogP contribution is 2.16. The highest BCUT2D eigenvalue weighted by atomic mass is 19.1. The second-order valence-corrected chi connectivity index (χ2v) is 3.29. The van der Waals surface area contributed by atoms with E-state index in [1.54, 1.807) is 23.0 Å². The molecule has 0 bridgehead atoms. The van der Waals surface area contributed by atoms with Crippen molar-refractivity contribution >= 4 is 0 Å². The van der Waals surface area contributed by atoms with Crippen molar-refractivity contribution in [1.29, 1.82) is 0 Å². The van der Waals surface area contributed by atoms with Gasteiger partial charge in [-0.3, -0.25) is 4.68 Å². The lowest BCUT2D eigenvalue weighted by atomic mass is 10.1. The van der Waals surface area contributed by atoms with Crippen molar-refractivity contribution in [2.75, 3.05) is 6.54 Å². The Morgan fingerprint density at radius 1 is 1.33 bits per heavy atom. The van der Waals surface area contributed by atoms with Crippen LogP contribution in [0.1, 0.15) is 11.6 Å². The first-order valence-electron chi connectivity index (χ1n) is 4.76. The van der Waals surface area contributed by atoms with Gasteiger partial charge in [0.15, 0.2) is 0 Å². The summed E-state index contributed by atoms with van der Waals surface area (Å²) in [4.78, 5) is 0. The molecule has 0 amide bonds. The maximum absolute atomic E-state index is 12.7. The lowest BCUT2D eigenvalue weighted by Crippen LogP contribution is -2.20. The number of nitrogens with zero attached hydrogens (tertiary/aromatic N) is 2.